The molecule has 1 amide bonds. The molecule has 5 rings (SSSR count). The molecule has 0 spiro atoms. The number of aromatic nitrogens is 4. The van der Waals surface area contributed by atoms with Gasteiger partial charge < -0.3 is 14.5 Å². The molecule has 1 saturated heterocycles. The Morgan fingerprint density at radius 2 is 2.07 bits per heavy atom. The van der Waals surface area contributed by atoms with Crippen molar-refractivity contribution in [1.29, 1.82) is 0 Å². The molecule has 1 atom stereocenters. The number of hydrogen-bond donors (Lipinski definition) is 1. The lowest BCUT2D eigenvalue weighted by molar-refractivity contribution is -0.144. The zero-order valence-electron chi connectivity index (χ0n) is 15.1. The minimum Gasteiger partial charge on any atom is -0.373 e. The maximum Gasteiger partial charge on any atom is 0.262 e. The molecule has 1 aliphatic rings. The van der Waals surface area contributed by atoms with E-state index in [4.69, 9.17) is 4.52 Å². The number of benzene rings is 1. The first-order chi connectivity index (χ1) is 13.6. The highest BCUT2D eigenvalue weighted by Gasteiger charge is 2.48. The molecule has 1 aromatic carbocycles. The molecule has 3 aromatic heterocycles. The number of fused-ring (bicyclic) bond motifs is 1. The van der Waals surface area contributed by atoms with Crippen LogP contribution in [0.2, 0.25) is 0 Å². The highest BCUT2D eigenvalue weighted by atomic mass is 16.5. The highest BCUT2D eigenvalue weighted by molar-refractivity contribution is 5.87. The summed E-state index contributed by atoms with van der Waals surface area (Å²) < 4.78 is 7.31. The van der Waals surface area contributed by atoms with Crippen LogP contribution in [0.15, 0.2) is 59.6 Å². The molecule has 0 unspecified atom stereocenters. The molecule has 1 aliphatic heterocycles. The topological polar surface area (TPSA) is 96.8 Å². The van der Waals surface area contributed by atoms with Gasteiger partial charge >= 0.3 is 0 Å². The fourth-order valence-electron chi connectivity index (χ4n) is 3.58. The van der Waals surface area contributed by atoms with Crippen LogP contribution in [0.3, 0.4) is 0 Å². The molecule has 1 fully saturated rings. The van der Waals surface area contributed by atoms with Crippen molar-refractivity contribution in [3.8, 4) is 22.5 Å². The molecule has 4 aromatic rings. The van der Waals surface area contributed by atoms with E-state index in [1.165, 1.54) is 4.90 Å². The Balaban J connectivity index is 1.53. The Kier molecular flexibility index (Phi) is 3.56. The second kappa shape index (κ2) is 6.00. The number of rotatable bonds is 3. The van der Waals surface area contributed by atoms with E-state index >= 15 is 0 Å². The van der Waals surface area contributed by atoms with E-state index in [2.05, 4.69) is 15.1 Å². The lowest BCUT2D eigenvalue weighted by Crippen LogP contribution is -2.35. The van der Waals surface area contributed by atoms with Gasteiger partial charge in [0.1, 0.15) is 5.69 Å². The Bertz CT molecular complexity index is 1200. The third kappa shape index (κ3) is 2.42. The first-order valence-corrected chi connectivity index (χ1v) is 8.89. The van der Waals surface area contributed by atoms with Gasteiger partial charge in [0.15, 0.2) is 11.4 Å². The molecule has 0 saturated carbocycles. The van der Waals surface area contributed by atoms with Crippen molar-refractivity contribution in [2.24, 2.45) is 0 Å². The molecule has 4 heterocycles. The third-order valence-corrected chi connectivity index (χ3v) is 5.20. The number of aliphatic hydroxyl groups is 1. The molecule has 8 heteroatoms. The van der Waals surface area contributed by atoms with Crippen LogP contribution >= 0.6 is 0 Å². The van der Waals surface area contributed by atoms with Crippen molar-refractivity contribution >= 4 is 11.6 Å². The van der Waals surface area contributed by atoms with Crippen LogP contribution in [0.4, 0.5) is 0 Å². The van der Waals surface area contributed by atoms with E-state index in [-0.39, 0.29) is 18.1 Å². The summed E-state index contributed by atoms with van der Waals surface area (Å²) in [5, 5.41) is 14.8. The van der Waals surface area contributed by atoms with Gasteiger partial charge in [-0.15, -0.1) is 0 Å². The second-order valence-corrected chi connectivity index (χ2v) is 6.94. The summed E-state index contributed by atoms with van der Waals surface area (Å²) in [7, 11) is 1.66. The van der Waals surface area contributed by atoms with Gasteiger partial charge in [-0.05, 0) is 6.07 Å². The minimum absolute atomic E-state index is 0.170. The predicted molar refractivity (Wildman–Crippen MR) is 100 cm³/mol. The smallest absolute Gasteiger partial charge is 0.262 e. The van der Waals surface area contributed by atoms with Gasteiger partial charge in [0.2, 0.25) is 5.60 Å². The Hall–Kier alpha value is -3.52. The van der Waals surface area contributed by atoms with Crippen molar-refractivity contribution in [2.75, 3.05) is 13.6 Å². The fourth-order valence-corrected chi connectivity index (χ4v) is 3.58. The van der Waals surface area contributed by atoms with Gasteiger partial charge in [-0.25, -0.2) is 4.98 Å². The van der Waals surface area contributed by atoms with Crippen LogP contribution in [0.5, 0.6) is 0 Å². The largest absolute Gasteiger partial charge is 0.373 e. The quantitative estimate of drug-likeness (QED) is 0.589. The van der Waals surface area contributed by atoms with Crippen LogP contribution in [0.25, 0.3) is 28.2 Å². The number of likely N-dealkylation sites (N-methyl/N-ethyl adjacent to an activating group) is 1. The van der Waals surface area contributed by atoms with E-state index in [0.717, 1.165) is 22.5 Å². The lowest BCUT2D eigenvalue weighted by atomic mass is 9.98. The standard InChI is InChI=1S/C20H17N5O3/c1-24-7-5-20(27,19(24)26)17-10-15(23-28-17)13-3-2-4-14(9-13)16-11-22-18-12-21-6-8-25(16)18/h2-4,6,8-12,27H,5,7H2,1H3/t20-/m1/s1. The summed E-state index contributed by atoms with van der Waals surface area (Å²) in [6.07, 6.45) is 7.35. The van der Waals surface area contributed by atoms with Crippen LogP contribution in [0, 0.1) is 0 Å². The van der Waals surface area contributed by atoms with Gasteiger partial charge in [0.05, 0.1) is 18.1 Å². The van der Waals surface area contributed by atoms with E-state index < -0.39 is 5.60 Å². The predicted octanol–water partition coefficient (Wildman–Crippen LogP) is 2.10. The van der Waals surface area contributed by atoms with Crippen molar-refractivity contribution < 1.29 is 14.4 Å². The average molecular weight is 375 g/mol. The molecule has 0 aliphatic carbocycles. The van der Waals surface area contributed by atoms with Crippen LogP contribution in [0.1, 0.15) is 12.2 Å². The van der Waals surface area contributed by atoms with Crippen LogP contribution in [-0.4, -0.2) is 49.0 Å². The van der Waals surface area contributed by atoms with Gasteiger partial charge in [-0.1, -0.05) is 23.4 Å². The van der Waals surface area contributed by atoms with Gasteiger partial charge in [-0.3, -0.25) is 14.2 Å². The first kappa shape index (κ1) is 16.6. The lowest BCUT2D eigenvalue weighted by Gasteiger charge is -2.16. The Morgan fingerprint density at radius 3 is 2.89 bits per heavy atom. The van der Waals surface area contributed by atoms with Crippen molar-refractivity contribution in [1.82, 2.24) is 24.4 Å². The van der Waals surface area contributed by atoms with E-state index in [9.17, 15) is 9.90 Å². The Labute approximate surface area is 160 Å². The van der Waals surface area contributed by atoms with Crippen LogP contribution < -0.4 is 0 Å². The number of amides is 1. The molecule has 0 bridgehead atoms. The number of carbonyl (C=O) groups excluding carboxylic acids is 1. The summed E-state index contributed by atoms with van der Waals surface area (Å²) in [5.74, 6) is -0.202. The summed E-state index contributed by atoms with van der Waals surface area (Å²) in [5.41, 5.74) is 2.37. The van der Waals surface area contributed by atoms with Gasteiger partial charge in [0, 0.05) is 49.6 Å². The van der Waals surface area contributed by atoms with E-state index in [1.807, 2.05) is 34.9 Å². The molecular formula is C20H17N5O3. The van der Waals surface area contributed by atoms with Crippen molar-refractivity contribution in [2.45, 2.75) is 12.0 Å². The zero-order valence-corrected chi connectivity index (χ0v) is 15.1. The SMILES string of the molecule is CN1CC[C@@](O)(c2cc(-c3cccc(-c4cnc5cnccn45)c3)no2)C1=O. The summed E-state index contributed by atoms with van der Waals surface area (Å²) in [4.78, 5) is 22.2. The van der Waals surface area contributed by atoms with E-state index in [0.29, 0.717) is 12.2 Å². The van der Waals surface area contributed by atoms with Crippen molar-refractivity contribution in [3.63, 3.8) is 0 Å². The van der Waals surface area contributed by atoms with E-state index in [1.54, 1.807) is 31.7 Å². The number of likely N-dealkylation sites (tertiary alicyclic amines) is 1. The maximum absolute atomic E-state index is 12.3. The zero-order chi connectivity index (χ0) is 19.3. The molecule has 1 N–H and O–H groups in total. The number of nitrogens with zero attached hydrogens (tertiary/aromatic N) is 5. The molecular weight excluding hydrogens is 358 g/mol. The third-order valence-electron chi connectivity index (χ3n) is 5.20. The average Bonchev–Trinajstić information content (AvgIpc) is 3.44. The molecule has 0 radical (unpaired) electrons. The Morgan fingerprint density at radius 1 is 1.21 bits per heavy atom. The normalized spacial score (nSPS) is 19.6. The monoisotopic (exact) mass is 375 g/mol. The number of carbonyl (C=O) groups is 1. The molecule has 8 nitrogen and oxygen atoms in total. The van der Waals surface area contributed by atoms with Gasteiger partial charge in [-0.2, -0.15) is 0 Å². The van der Waals surface area contributed by atoms with Crippen molar-refractivity contribution in [3.05, 3.63) is 60.9 Å². The summed E-state index contributed by atoms with van der Waals surface area (Å²) in [6, 6.07) is 9.41. The first-order valence-electron chi connectivity index (χ1n) is 8.89. The molecule has 28 heavy (non-hydrogen) atoms. The second-order valence-electron chi connectivity index (χ2n) is 6.94. The summed E-state index contributed by atoms with van der Waals surface area (Å²) in [6.45, 7) is 0.476. The van der Waals surface area contributed by atoms with Crippen LogP contribution in [-0.2, 0) is 10.4 Å². The number of imidazole rings is 1. The fraction of sp³-hybridized carbons (Fsp3) is 0.200. The highest BCUT2D eigenvalue weighted by Crippen LogP contribution is 2.35. The number of hydrogen-bond acceptors (Lipinski definition) is 6. The molecule has 140 valence electrons. The summed E-state index contributed by atoms with van der Waals surface area (Å²) >= 11 is 0. The maximum atomic E-state index is 12.3. The minimum atomic E-state index is -1.65. The van der Waals surface area contributed by atoms with Gasteiger partial charge in [0.25, 0.3) is 5.91 Å².